The van der Waals surface area contributed by atoms with Crippen LogP contribution in [0.4, 0.5) is 5.69 Å². The monoisotopic (exact) mass is 390 g/mol. The number of halogens is 3. The molecule has 0 aliphatic carbocycles. The Hall–Kier alpha value is -1.37. The summed E-state index contributed by atoms with van der Waals surface area (Å²) in [4.78, 5) is 14.5. The van der Waals surface area contributed by atoms with Gasteiger partial charge in [0.05, 0.1) is 9.95 Å². The smallest absolute Gasteiger partial charge is 0.312 e. The van der Waals surface area contributed by atoms with Crippen LogP contribution in [0.25, 0.3) is 0 Å². The normalized spacial score (nSPS) is 10.5. The molecule has 0 aliphatic heterocycles. The highest BCUT2D eigenvalue weighted by Crippen LogP contribution is 2.35. The summed E-state index contributed by atoms with van der Waals surface area (Å²) >= 11 is 15.2. The van der Waals surface area contributed by atoms with E-state index in [1.54, 1.807) is 19.1 Å². The third-order valence-corrected chi connectivity index (χ3v) is 3.86. The maximum Gasteiger partial charge on any atom is 0.312 e. The van der Waals surface area contributed by atoms with Crippen molar-refractivity contribution < 1.29 is 9.66 Å². The number of hydrogen-bond donors (Lipinski definition) is 0. The highest BCUT2D eigenvalue weighted by atomic mass is 79.9. The molecule has 0 saturated heterocycles. The Bertz CT molecular complexity index is 690. The zero-order valence-corrected chi connectivity index (χ0v) is 13.9. The van der Waals surface area contributed by atoms with Crippen LogP contribution in [-0.4, -0.2) is 9.91 Å². The van der Waals surface area contributed by atoms with Gasteiger partial charge in [0.1, 0.15) is 11.8 Å². The fraction of sp³-hybridized carbons (Fsp3) is 0.154. The molecule has 2 aromatic rings. The molecule has 0 amide bonds. The fourth-order valence-corrected chi connectivity index (χ4v) is 2.78. The molecule has 0 N–H and O–H groups in total. The van der Waals surface area contributed by atoms with Gasteiger partial charge in [-0.25, -0.2) is 4.98 Å². The molecule has 0 atom stereocenters. The lowest BCUT2D eigenvalue weighted by Crippen LogP contribution is -2.03. The average molecular weight is 392 g/mol. The highest BCUT2D eigenvalue weighted by Gasteiger charge is 2.20. The van der Waals surface area contributed by atoms with E-state index < -0.39 is 4.92 Å². The van der Waals surface area contributed by atoms with Gasteiger partial charge in [-0.05, 0) is 24.6 Å². The molecular formula is C13H9BrCl2N2O3. The predicted octanol–water partition coefficient (Wildman–Crippen LogP) is 4.95. The molecule has 0 bridgehead atoms. The zero-order chi connectivity index (χ0) is 15.6. The van der Waals surface area contributed by atoms with E-state index in [1.165, 1.54) is 12.3 Å². The number of benzene rings is 1. The van der Waals surface area contributed by atoms with Gasteiger partial charge in [-0.3, -0.25) is 10.1 Å². The SMILES string of the molecule is Cc1cc(Br)cc([N+](=O)[O-])c1OCc1c(Cl)ccnc1Cl. The molecule has 0 radical (unpaired) electrons. The minimum atomic E-state index is -0.500. The second kappa shape index (κ2) is 6.60. The number of nitro groups is 1. The first-order valence-corrected chi connectivity index (χ1v) is 7.31. The number of ether oxygens (including phenoxy) is 1. The van der Waals surface area contributed by atoms with Crippen molar-refractivity contribution in [2.45, 2.75) is 13.5 Å². The number of nitrogens with zero attached hydrogens (tertiary/aromatic N) is 2. The molecular weight excluding hydrogens is 383 g/mol. The van der Waals surface area contributed by atoms with Gasteiger partial charge in [0.2, 0.25) is 0 Å². The maximum absolute atomic E-state index is 11.1. The van der Waals surface area contributed by atoms with Gasteiger partial charge < -0.3 is 4.74 Å². The van der Waals surface area contributed by atoms with Crippen LogP contribution in [0.5, 0.6) is 5.75 Å². The molecule has 5 nitrogen and oxygen atoms in total. The van der Waals surface area contributed by atoms with Gasteiger partial charge in [-0.15, -0.1) is 0 Å². The predicted molar refractivity (Wildman–Crippen MR) is 84.1 cm³/mol. The summed E-state index contributed by atoms with van der Waals surface area (Å²) in [5.41, 5.74) is 0.989. The minimum Gasteiger partial charge on any atom is -0.482 e. The van der Waals surface area contributed by atoms with Crippen LogP contribution in [-0.2, 0) is 6.61 Å². The number of hydrogen-bond acceptors (Lipinski definition) is 4. The van der Waals surface area contributed by atoms with Gasteiger partial charge in [-0.1, -0.05) is 39.1 Å². The van der Waals surface area contributed by atoms with Crippen LogP contribution in [0.2, 0.25) is 10.2 Å². The largest absolute Gasteiger partial charge is 0.482 e. The molecule has 0 spiro atoms. The van der Waals surface area contributed by atoms with Crippen LogP contribution < -0.4 is 4.74 Å². The Morgan fingerprint density at radius 2 is 2.14 bits per heavy atom. The Kier molecular flexibility index (Phi) is 5.03. The molecule has 8 heteroatoms. The third kappa shape index (κ3) is 3.64. The van der Waals surface area contributed by atoms with Crippen molar-refractivity contribution in [1.82, 2.24) is 4.98 Å². The minimum absolute atomic E-state index is 0.00514. The van der Waals surface area contributed by atoms with Crippen molar-refractivity contribution in [3.63, 3.8) is 0 Å². The van der Waals surface area contributed by atoms with Crippen LogP contribution in [0.1, 0.15) is 11.1 Å². The number of rotatable bonds is 4. The molecule has 1 heterocycles. The lowest BCUT2D eigenvalue weighted by atomic mass is 10.2. The molecule has 2 rings (SSSR count). The van der Waals surface area contributed by atoms with Crippen LogP contribution in [0.3, 0.4) is 0 Å². The molecule has 0 fully saturated rings. The summed E-state index contributed by atoms with van der Waals surface area (Å²) in [6, 6.07) is 4.69. The average Bonchev–Trinajstić information content (AvgIpc) is 2.39. The van der Waals surface area contributed by atoms with E-state index in [0.717, 1.165) is 0 Å². The molecule has 0 aliphatic rings. The van der Waals surface area contributed by atoms with E-state index in [4.69, 9.17) is 27.9 Å². The summed E-state index contributed by atoms with van der Waals surface area (Å²) < 4.78 is 6.17. The molecule has 110 valence electrons. The van der Waals surface area contributed by atoms with Crippen molar-refractivity contribution in [2.24, 2.45) is 0 Å². The van der Waals surface area contributed by atoms with Crippen molar-refractivity contribution in [3.8, 4) is 5.75 Å². The van der Waals surface area contributed by atoms with Crippen LogP contribution >= 0.6 is 39.1 Å². The lowest BCUT2D eigenvalue weighted by molar-refractivity contribution is -0.386. The van der Waals surface area contributed by atoms with Gasteiger partial charge in [0.15, 0.2) is 5.75 Å². The van der Waals surface area contributed by atoms with E-state index in [2.05, 4.69) is 20.9 Å². The molecule has 0 unspecified atom stereocenters. The van der Waals surface area contributed by atoms with Gasteiger partial charge >= 0.3 is 5.69 Å². The zero-order valence-electron chi connectivity index (χ0n) is 10.8. The Balaban J connectivity index is 2.34. The Morgan fingerprint density at radius 1 is 1.43 bits per heavy atom. The molecule has 1 aromatic carbocycles. The topological polar surface area (TPSA) is 65.3 Å². The standard InChI is InChI=1S/C13H9BrCl2N2O3/c1-7-4-8(14)5-11(18(19)20)12(7)21-6-9-10(15)2-3-17-13(9)16/h2-5H,6H2,1H3. The Morgan fingerprint density at radius 3 is 2.76 bits per heavy atom. The second-order valence-corrected chi connectivity index (χ2v) is 5.86. The molecule has 1 aromatic heterocycles. The summed E-state index contributed by atoms with van der Waals surface area (Å²) in [5, 5.41) is 11.7. The van der Waals surface area contributed by atoms with Gasteiger partial charge in [-0.2, -0.15) is 0 Å². The quantitative estimate of drug-likeness (QED) is 0.420. The van der Waals surface area contributed by atoms with Gasteiger partial charge in [0.25, 0.3) is 0 Å². The van der Waals surface area contributed by atoms with Crippen molar-refractivity contribution in [1.29, 1.82) is 0 Å². The number of aryl methyl sites for hydroxylation is 1. The Labute approximate surface area is 139 Å². The van der Waals surface area contributed by atoms with Crippen molar-refractivity contribution in [2.75, 3.05) is 0 Å². The summed E-state index contributed by atoms with van der Waals surface area (Å²) in [6.07, 6.45) is 1.47. The lowest BCUT2D eigenvalue weighted by Gasteiger charge is -2.11. The number of pyridine rings is 1. The van der Waals surface area contributed by atoms with E-state index in [9.17, 15) is 10.1 Å². The van der Waals surface area contributed by atoms with Crippen molar-refractivity contribution in [3.05, 3.63) is 60.3 Å². The first kappa shape index (κ1) is 16.0. The molecule has 21 heavy (non-hydrogen) atoms. The van der Waals surface area contributed by atoms with E-state index >= 15 is 0 Å². The second-order valence-electron chi connectivity index (χ2n) is 4.18. The van der Waals surface area contributed by atoms with E-state index in [1.807, 2.05) is 0 Å². The molecule has 0 saturated carbocycles. The van der Waals surface area contributed by atoms with Crippen molar-refractivity contribution >= 4 is 44.8 Å². The highest BCUT2D eigenvalue weighted by molar-refractivity contribution is 9.10. The van der Waals surface area contributed by atoms with E-state index in [0.29, 0.717) is 20.6 Å². The maximum atomic E-state index is 11.1. The van der Waals surface area contributed by atoms with Crippen LogP contribution in [0.15, 0.2) is 28.9 Å². The summed E-state index contributed by atoms with van der Waals surface area (Å²) in [6.45, 7) is 1.72. The van der Waals surface area contributed by atoms with Gasteiger partial charge in [0, 0.05) is 22.3 Å². The fourth-order valence-electron chi connectivity index (χ4n) is 1.75. The number of nitro benzene ring substituents is 1. The number of aromatic nitrogens is 1. The first-order valence-electron chi connectivity index (χ1n) is 5.76. The third-order valence-electron chi connectivity index (χ3n) is 2.72. The van der Waals surface area contributed by atoms with E-state index in [-0.39, 0.29) is 23.2 Å². The first-order chi connectivity index (χ1) is 9.90. The van der Waals surface area contributed by atoms with Crippen LogP contribution in [0, 0.1) is 17.0 Å². The summed E-state index contributed by atoms with van der Waals surface area (Å²) in [5.74, 6) is 0.180. The summed E-state index contributed by atoms with van der Waals surface area (Å²) in [7, 11) is 0.